The third-order valence-electron chi connectivity index (χ3n) is 4.65. The van der Waals surface area contributed by atoms with Gasteiger partial charge in [-0.2, -0.15) is 0 Å². The number of anilines is 1. The number of carboxylic acids is 1. The van der Waals surface area contributed by atoms with Crippen LogP contribution >= 0.6 is 0 Å². The molecule has 134 valence electrons. The maximum atomic E-state index is 11.8. The van der Waals surface area contributed by atoms with Crippen LogP contribution in [0.1, 0.15) is 10.4 Å². The molecule has 27 heavy (non-hydrogen) atoms. The molecule has 5 heteroatoms. The lowest BCUT2D eigenvalue weighted by Crippen LogP contribution is -2.08. The molecule has 1 aliphatic carbocycles. The Balaban J connectivity index is 2.18. The zero-order chi connectivity index (χ0) is 19.1. The minimum absolute atomic E-state index is 0.234. The third kappa shape index (κ3) is 2.83. The molecule has 5 nitrogen and oxygen atoms in total. The standard InChI is InChI=1S/C22H18N2O3/c1-24(2)14-8-10-18-20(12-14)27-19-11-13(23)7-9-17(19)21(18)15-5-3-4-6-16(15)22(25)26/h3-12,23H,1-2H3,(H,25,26). The van der Waals surface area contributed by atoms with Crippen molar-refractivity contribution in [3.05, 3.63) is 71.6 Å². The van der Waals surface area contributed by atoms with Gasteiger partial charge in [-0.1, -0.05) is 18.2 Å². The van der Waals surface area contributed by atoms with Gasteiger partial charge < -0.3 is 19.8 Å². The van der Waals surface area contributed by atoms with E-state index in [9.17, 15) is 9.90 Å². The smallest absolute Gasteiger partial charge is 0.336 e. The molecule has 0 fully saturated rings. The van der Waals surface area contributed by atoms with E-state index in [4.69, 9.17) is 9.83 Å². The SMILES string of the molecule is CN(C)c1ccc2c(-c3ccccc3C(=O)O)c3ccc(=N)cc-3oc2c1. The second-order valence-corrected chi connectivity index (χ2v) is 6.61. The van der Waals surface area contributed by atoms with E-state index in [1.807, 2.05) is 55.4 Å². The molecule has 0 bridgehead atoms. The van der Waals surface area contributed by atoms with Crippen molar-refractivity contribution in [1.29, 1.82) is 5.41 Å². The summed E-state index contributed by atoms with van der Waals surface area (Å²) in [6.07, 6.45) is 0. The van der Waals surface area contributed by atoms with Crippen LogP contribution in [0.3, 0.4) is 0 Å². The fourth-order valence-corrected chi connectivity index (χ4v) is 3.33. The van der Waals surface area contributed by atoms with E-state index in [0.717, 1.165) is 22.2 Å². The van der Waals surface area contributed by atoms with Gasteiger partial charge in [-0.15, -0.1) is 0 Å². The molecule has 2 aliphatic rings. The number of nitrogens with one attached hydrogen (secondary N) is 1. The van der Waals surface area contributed by atoms with Gasteiger partial charge in [-0.05, 0) is 35.9 Å². The van der Waals surface area contributed by atoms with Crippen molar-refractivity contribution in [3.8, 4) is 22.5 Å². The highest BCUT2D eigenvalue weighted by Gasteiger charge is 2.21. The highest BCUT2D eigenvalue weighted by molar-refractivity contribution is 6.07. The number of nitrogens with zero attached hydrogens (tertiary/aromatic N) is 1. The molecule has 0 radical (unpaired) electrons. The lowest BCUT2D eigenvalue weighted by Gasteiger charge is -2.18. The van der Waals surface area contributed by atoms with Gasteiger partial charge in [-0.25, -0.2) is 4.79 Å². The molecular weight excluding hydrogens is 340 g/mol. The second-order valence-electron chi connectivity index (χ2n) is 6.61. The van der Waals surface area contributed by atoms with Crippen LogP contribution < -0.4 is 10.3 Å². The van der Waals surface area contributed by atoms with E-state index >= 15 is 0 Å². The van der Waals surface area contributed by atoms with Crippen molar-refractivity contribution in [2.45, 2.75) is 0 Å². The summed E-state index contributed by atoms with van der Waals surface area (Å²) in [6, 6.07) is 18.0. The fourth-order valence-electron chi connectivity index (χ4n) is 3.33. The molecule has 4 rings (SSSR count). The highest BCUT2D eigenvalue weighted by atomic mass is 16.4. The molecule has 0 spiro atoms. The molecular formula is C22H18N2O3. The normalized spacial score (nSPS) is 11.0. The maximum Gasteiger partial charge on any atom is 0.336 e. The van der Waals surface area contributed by atoms with Crippen LogP contribution in [0, 0.1) is 5.41 Å². The summed E-state index contributed by atoms with van der Waals surface area (Å²) in [4.78, 5) is 13.8. The van der Waals surface area contributed by atoms with Crippen LogP contribution in [0.2, 0.25) is 0 Å². The Labute approximate surface area is 156 Å². The average molecular weight is 358 g/mol. The lowest BCUT2D eigenvalue weighted by atomic mass is 9.90. The summed E-state index contributed by atoms with van der Waals surface area (Å²) in [5.41, 5.74) is 4.07. The van der Waals surface area contributed by atoms with Gasteiger partial charge >= 0.3 is 5.97 Å². The molecule has 1 aliphatic heterocycles. The van der Waals surface area contributed by atoms with Crippen molar-refractivity contribution in [1.82, 2.24) is 0 Å². The van der Waals surface area contributed by atoms with Crippen LogP contribution in [0.25, 0.3) is 33.4 Å². The van der Waals surface area contributed by atoms with E-state index in [2.05, 4.69) is 0 Å². The van der Waals surface area contributed by atoms with Gasteiger partial charge in [-0.3, -0.25) is 0 Å². The monoisotopic (exact) mass is 358 g/mol. The van der Waals surface area contributed by atoms with Crippen LogP contribution in [0.5, 0.6) is 0 Å². The van der Waals surface area contributed by atoms with Gasteiger partial charge in [0, 0.05) is 48.4 Å². The van der Waals surface area contributed by atoms with Crippen molar-refractivity contribution in [3.63, 3.8) is 0 Å². The number of carbonyl (C=O) groups is 1. The summed E-state index contributed by atoms with van der Waals surface area (Å²) in [5.74, 6) is -0.421. The number of hydrogen-bond donors (Lipinski definition) is 2. The Morgan fingerprint density at radius 3 is 2.52 bits per heavy atom. The van der Waals surface area contributed by atoms with Crippen molar-refractivity contribution in [2.24, 2.45) is 0 Å². The van der Waals surface area contributed by atoms with Crippen LogP contribution in [0.4, 0.5) is 5.69 Å². The number of benzene rings is 3. The van der Waals surface area contributed by atoms with Gasteiger partial charge in [0.25, 0.3) is 0 Å². The van der Waals surface area contributed by atoms with Gasteiger partial charge in [0.1, 0.15) is 11.3 Å². The fraction of sp³-hybridized carbons (Fsp3) is 0.0909. The van der Waals surface area contributed by atoms with E-state index in [1.165, 1.54) is 0 Å². The Kier molecular flexibility index (Phi) is 3.92. The zero-order valence-electron chi connectivity index (χ0n) is 15.0. The summed E-state index contributed by atoms with van der Waals surface area (Å²) in [5, 5.41) is 18.8. The first kappa shape index (κ1) is 16.8. The summed E-state index contributed by atoms with van der Waals surface area (Å²) >= 11 is 0. The third-order valence-corrected chi connectivity index (χ3v) is 4.65. The second kappa shape index (κ2) is 6.29. The van der Waals surface area contributed by atoms with E-state index in [0.29, 0.717) is 22.3 Å². The van der Waals surface area contributed by atoms with Gasteiger partial charge in [0.15, 0.2) is 0 Å². The Hall–Kier alpha value is -3.60. The zero-order valence-corrected chi connectivity index (χ0v) is 15.0. The van der Waals surface area contributed by atoms with Crippen LogP contribution in [-0.4, -0.2) is 25.2 Å². The minimum Gasteiger partial charge on any atom is -0.478 e. The van der Waals surface area contributed by atoms with Gasteiger partial charge in [0.05, 0.1) is 10.9 Å². The molecule has 0 atom stereocenters. The molecule has 0 saturated heterocycles. The van der Waals surface area contributed by atoms with E-state index in [1.54, 1.807) is 24.3 Å². The molecule has 1 heterocycles. The summed E-state index contributed by atoms with van der Waals surface area (Å²) < 4.78 is 6.09. The number of fused-ring (bicyclic) bond motifs is 2. The minimum atomic E-state index is -0.977. The molecule has 0 unspecified atom stereocenters. The summed E-state index contributed by atoms with van der Waals surface area (Å²) in [7, 11) is 3.90. The highest BCUT2D eigenvalue weighted by Crippen LogP contribution is 2.41. The van der Waals surface area contributed by atoms with E-state index < -0.39 is 5.97 Å². The Morgan fingerprint density at radius 2 is 1.78 bits per heavy atom. The van der Waals surface area contributed by atoms with Crippen molar-refractivity contribution < 1.29 is 14.3 Å². The molecule has 2 aromatic carbocycles. The number of hydrogen-bond acceptors (Lipinski definition) is 4. The van der Waals surface area contributed by atoms with E-state index in [-0.39, 0.29) is 5.56 Å². The van der Waals surface area contributed by atoms with Crippen LogP contribution in [0.15, 0.2) is 65.1 Å². The first-order chi connectivity index (χ1) is 13.0. The molecule has 0 amide bonds. The molecule has 2 aromatic rings. The summed E-state index contributed by atoms with van der Waals surface area (Å²) in [6.45, 7) is 0. The molecule has 2 N–H and O–H groups in total. The molecule has 0 aromatic heterocycles. The first-order valence-electron chi connectivity index (χ1n) is 8.51. The number of carboxylic acid groups (broad SMARTS) is 1. The van der Waals surface area contributed by atoms with Crippen molar-refractivity contribution in [2.75, 3.05) is 19.0 Å². The topological polar surface area (TPSA) is 77.5 Å². The Bertz CT molecular complexity index is 1210. The van der Waals surface area contributed by atoms with Gasteiger partial charge in [0.2, 0.25) is 0 Å². The Morgan fingerprint density at radius 1 is 1.00 bits per heavy atom. The average Bonchev–Trinajstić information content (AvgIpc) is 2.65. The van der Waals surface area contributed by atoms with Crippen molar-refractivity contribution >= 4 is 22.6 Å². The van der Waals surface area contributed by atoms with Crippen LogP contribution in [-0.2, 0) is 0 Å². The predicted molar refractivity (Wildman–Crippen MR) is 105 cm³/mol. The molecule has 0 saturated carbocycles. The number of rotatable bonds is 3. The largest absolute Gasteiger partial charge is 0.478 e. The maximum absolute atomic E-state index is 11.8. The lowest BCUT2D eigenvalue weighted by molar-refractivity contribution is 0.0697. The quantitative estimate of drug-likeness (QED) is 0.531. The number of aromatic carboxylic acids is 1. The first-order valence-corrected chi connectivity index (χ1v) is 8.51. The predicted octanol–water partition coefficient (Wildman–Crippen LogP) is 4.45.